The monoisotopic (exact) mass is 236 g/mol. The highest BCUT2D eigenvalue weighted by Crippen LogP contribution is 2.14. The molecule has 1 N–H and O–H groups in total. The van der Waals surface area contributed by atoms with Gasteiger partial charge >= 0.3 is 5.97 Å². The van der Waals surface area contributed by atoms with Crippen molar-refractivity contribution in [2.24, 2.45) is 5.92 Å². The summed E-state index contributed by atoms with van der Waals surface area (Å²) in [6, 6.07) is 0. The molecule has 0 aromatic heterocycles. The van der Waals surface area contributed by atoms with Crippen LogP contribution in [0.4, 0.5) is 0 Å². The highest BCUT2D eigenvalue weighted by Gasteiger charge is 2.31. The van der Waals surface area contributed by atoms with Gasteiger partial charge in [-0.25, -0.2) is 8.42 Å². The van der Waals surface area contributed by atoms with Crippen LogP contribution < -0.4 is 0 Å². The first-order valence-corrected chi connectivity index (χ1v) is 6.97. The second-order valence-corrected chi connectivity index (χ2v) is 6.42. The van der Waals surface area contributed by atoms with E-state index in [1.165, 1.54) is 0 Å². The molecule has 0 bridgehead atoms. The third kappa shape index (κ3) is 5.16. The lowest BCUT2D eigenvalue weighted by molar-refractivity contribution is -0.136. The van der Waals surface area contributed by atoms with Crippen LogP contribution >= 0.6 is 0 Å². The van der Waals surface area contributed by atoms with Gasteiger partial charge in [-0.1, -0.05) is 33.6 Å². The van der Waals surface area contributed by atoms with Crippen molar-refractivity contribution in [3.8, 4) is 0 Å². The Kier molecular flexibility index (Phi) is 5.87. The van der Waals surface area contributed by atoms with Crippen molar-refractivity contribution in [3.63, 3.8) is 0 Å². The molecule has 15 heavy (non-hydrogen) atoms. The quantitative estimate of drug-likeness (QED) is 0.730. The summed E-state index contributed by atoms with van der Waals surface area (Å²) < 4.78 is 23.4. The van der Waals surface area contributed by atoms with Crippen LogP contribution in [0.3, 0.4) is 0 Å². The van der Waals surface area contributed by atoms with Gasteiger partial charge in [0.15, 0.2) is 15.1 Å². The first-order valence-electron chi connectivity index (χ1n) is 5.25. The summed E-state index contributed by atoms with van der Waals surface area (Å²) in [5, 5.41) is 7.65. The smallest absolute Gasteiger partial charge is 0.321 e. The first-order chi connectivity index (χ1) is 6.81. The maximum Gasteiger partial charge on any atom is 0.321 e. The third-order valence-electron chi connectivity index (χ3n) is 2.09. The highest BCUT2D eigenvalue weighted by molar-refractivity contribution is 7.92. The van der Waals surface area contributed by atoms with E-state index in [-0.39, 0.29) is 18.1 Å². The van der Waals surface area contributed by atoms with Crippen molar-refractivity contribution < 1.29 is 18.3 Å². The van der Waals surface area contributed by atoms with Crippen LogP contribution in [0.2, 0.25) is 0 Å². The van der Waals surface area contributed by atoms with Crippen molar-refractivity contribution in [1.29, 1.82) is 0 Å². The van der Waals surface area contributed by atoms with E-state index in [9.17, 15) is 13.2 Å². The van der Waals surface area contributed by atoms with E-state index in [2.05, 4.69) is 0 Å². The van der Waals surface area contributed by atoms with Crippen LogP contribution in [0.25, 0.3) is 0 Å². The number of carbonyl (C=O) groups is 1. The molecule has 0 saturated heterocycles. The largest absolute Gasteiger partial charge is 0.480 e. The van der Waals surface area contributed by atoms with E-state index in [0.717, 1.165) is 6.42 Å². The molecular formula is C10H20O4S. The number of aliphatic carboxylic acids is 1. The zero-order valence-electron chi connectivity index (χ0n) is 9.56. The summed E-state index contributed by atoms with van der Waals surface area (Å²) in [5.74, 6) is -1.30. The van der Waals surface area contributed by atoms with Gasteiger partial charge in [-0.15, -0.1) is 0 Å². The van der Waals surface area contributed by atoms with E-state index in [1.807, 2.05) is 6.92 Å². The van der Waals surface area contributed by atoms with Gasteiger partial charge in [0, 0.05) is 0 Å². The van der Waals surface area contributed by atoms with Gasteiger partial charge in [-0.3, -0.25) is 4.79 Å². The lowest BCUT2D eigenvalue weighted by Crippen LogP contribution is -2.33. The normalized spacial score (nSPS) is 14.1. The lowest BCUT2D eigenvalue weighted by atomic mass is 10.2. The summed E-state index contributed by atoms with van der Waals surface area (Å²) in [6.07, 6.45) is 1.66. The lowest BCUT2D eigenvalue weighted by Gasteiger charge is -2.14. The second kappa shape index (κ2) is 6.10. The number of hydrogen-bond acceptors (Lipinski definition) is 3. The molecule has 0 aliphatic rings. The van der Waals surface area contributed by atoms with E-state index >= 15 is 0 Å². The minimum atomic E-state index is -3.49. The van der Waals surface area contributed by atoms with Gasteiger partial charge in [-0.05, 0) is 12.3 Å². The van der Waals surface area contributed by atoms with Gasteiger partial charge in [0.1, 0.15) is 0 Å². The molecule has 0 aromatic carbocycles. The van der Waals surface area contributed by atoms with Crippen LogP contribution in [0.1, 0.15) is 40.0 Å². The third-order valence-corrected chi connectivity index (χ3v) is 4.53. The minimum Gasteiger partial charge on any atom is -0.480 e. The average Bonchev–Trinajstić information content (AvgIpc) is 2.00. The molecule has 1 atom stereocenters. The average molecular weight is 236 g/mol. The molecule has 0 aromatic rings. The maximum absolute atomic E-state index is 11.7. The SMILES string of the molecule is CCCCC(C(=O)O)S(=O)(=O)CC(C)C. The fourth-order valence-electron chi connectivity index (χ4n) is 1.43. The van der Waals surface area contributed by atoms with Crippen LogP contribution in [-0.4, -0.2) is 30.5 Å². The predicted octanol–water partition coefficient (Wildman–Crippen LogP) is 1.70. The van der Waals surface area contributed by atoms with E-state index in [4.69, 9.17) is 5.11 Å². The Morgan fingerprint density at radius 3 is 2.20 bits per heavy atom. The topological polar surface area (TPSA) is 71.4 Å². The molecule has 0 spiro atoms. The van der Waals surface area contributed by atoms with Crippen LogP contribution in [0.5, 0.6) is 0 Å². The van der Waals surface area contributed by atoms with Gasteiger partial charge in [-0.2, -0.15) is 0 Å². The van der Waals surface area contributed by atoms with Gasteiger partial charge in [0.05, 0.1) is 5.75 Å². The number of hydrogen-bond donors (Lipinski definition) is 1. The molecule has 1 unspecified atom stereocenters. The molecule has 0 aliphatic carbocycles. The van der Waals surface area contributed by atoms with Crippen molar-refractivity contribution in [2.45, 2.75) is 45.3 Å². The zero-order valence-corrected chi connectivity index (χ0v) is 10.4. The molecule has 0 saturated carbocycles. The fourth-order valence-corrected chi connectivity index (χ4v) is 3.42. The minimum absolute atomic E-state index is 0.0292. The molecule has 0 amide bonds. The van der Waals surface area contributed by atoms with E-state index < -0.39 is 21.1 Å². The first kappa shape index (κ1) is 14.4. The van der Waals surface area contributed by atoms with Crippen molar-refractivity contribution in [1.82, 2.24) is 0 Å². The Balaban J connectivity index is 4.67. The summed E-state index contributed by atoms with van der Waals surface area (Å²) in [5.41, 5.74) is 0. The van der Waals surface area contributed by atoms with E-state index in [0.29, 0.717) is 6.42 Å². The Bertz CT molecular complexity index is 293. The van der Waals surface area contributed by atoms with Gasteiger partial charge in [0.2, 0.25) is 0 Å². The molecule has 90 valence electrons. The number of carboxylic acid groups (broad SMARTS) is 1. The molecule has 0 radical (unpaired) electrons. The van der Waals surface area contributed by atoms with Gasteiger partial charge in [0.25, 0.3) is 0 Å². The molecule has 0 fully saturated rings. The van der Waals surface area contributed by atoms with Crippen LogP contribution in [0.15, 0.2) is 0 Å². The fraction of sp³-hybridized carbons (Fsp3) is 0.900. The molecule has 0 heterocycles. The molecule has 5 heteroatoms. The Morgan fingerprint density at radius 1 is 1.33 bits per heavy atom. The molecular weight excluding hydrogens is 216 g/mol. The molecule has 0 aliphatic heterocycles. The summed E-state index contributed by atoms with van der Waals surface area (Å²) in [7, 11) is -3.49. The Morgan fingerprint density at radius 2 is 1.87 bits per heavy atom. The van der Waals surface area contributed by atoms with Gasteiger partial charge < -0.3 is 5.11 Å². The number of rotatable bonds is 7. The van der Waals surface area contributed by atoms with E-state index in [1.54, 1.807) is 13.8 Å². The summed E-state index contributed by atoms with van der Waals surface area (Å²) in [6.45, 7) is 5.46. The predicted molar refractivity (Wildman–Crippen MR) is 59.6 cm³/mol. The van der Waals surface area contributed by atoms with Crippen molar-refractivity contribution >= 4 is 15.8 Å². The zero-order chi connectivity index (χ0) is 12.1. The Hall–Kier alpha value is -0.580. The van der Waals surface area contributed by atoms with Crippen molar-refractivity contribution in [2.75, 3.05) is 5.75 Å². The standard InChI is InChI=1S/C10H20O4S/c1-4-5-6-9(10(11)12)15(13,14)7-8(2)3/h8-9H,4-7H2,1-3H3,(H,11,12). The summed E-state index contributed by atoms with van der Waals surface area (Å²) >= 11 is 0. The highest BCUT2D eigenvalue weighted by atomic mass is 32.2. The van der Waals surface area contributed by atoms with Crippen LogP contribution in [-0.2, 0) is 14.6 Å². The van der Waals surface area contributed by atoms with Crippen LogP contribution in [0, 0.1) is 5.92 Å². The second-order valence-electron chi connectivity index (χ2n) is 4.19. The maximum atomic E-state index is 11.7. The molecule has 0 rings (SSSR count). The number of carboxylic acids is 1. The summed E-state index contributed by atoms with van der Waals surface area (Å²) in [4.78, 5) is 10.9. The van der Waals surface area contributed by atoms with Crippen molar-refractivity contribution in [3.05, 3.63) is 0 Å². The molecule has 4 nitrogen and oxygen atoms in total. The Labute approximate surface area is 91.6 Å². The number of sulfone groups is 1. The number of unbranched alkanes of at least 4 members (excludes halogenated alkanes) is 1.